The van der Waals surface area contributed by atoms with E-state index >= 15 is 0 Å². The molecule has 4 nitrogen and oxygen atoms in total. The van der Waals surface area contributed by atoms with Crippen LogP contribution in [0.25, 0.3) is 0 Å². The van der Waals surface area contributed by atoms with Gasteiger partial charge in [0.2, 0.25) is 5.88 Å². The largest absolute Gasteiger partial charge is 0.473 e. The molecule has 17 heavy (non-hydrogen) atoms. The molecule has 4 heteroatoms. The third-order valence-corrected chi connectivity index (χ3v) is 3.39. The van der Waals surface area contributed by atoms with Gasteiger partial charge in [-0.1, -0.05) is 13.3 Å². The van der Waals surface area contributed by atoms with Crippen LogP contribution in [-0.2, 0) is 6.54 Å². The van der Waals surface area contributed by atoms with Gasteiger partial charge in [-0.25, -0.2) is 4.68 Å². The van der Waals surface area contributed by atoms with Crippen LogP contribution in [0.15, 0.2) is 0 Å². The van der Waals surface area contributed by atoms with E-state index in [4.69, 9.17) is 10.5 Å². The number of rotatable bonds is 4. The van der Waals surface area contributed by atoms with Gasteiger partial charge in [-0.15, -0.1) is 0 Å². The van der Waals surface area contributed by atoms with Crippen molar-refractivity contribution in [2.45, 2.75) is 65.0 Å². The van der Waals surface area contributed by atoms with Crippen molar-refractivity contribution in [3.63, 3.8) is 0 Å². The second-order valence-electron chi connectivity index (χ2n) is 4.91. The summed E-state index contributed by atoms with van der Waals surface area (Å²) in [5.74, 6) is 0.788. The molecule has 1 aliphatic rings. The normalized spacial score (nSPS) is 17.3. The summed E-state index contributed by atoms with van der Waals surface area (Å²) in [6.07, 6.45) is 7.55. The second kappa shape index (κ2) is 5.43. The van der Waals surface area contributed by atoms with Crippen LogP contribution in [0.5, 0.6) is 5.88 Å². The Morgan fingerprint density at radius 3 is 2.71 bits per heavy atom. The molecule has 1 fully saturated rings. The Bertz CT molecular complexity index is 367. The average molecular weight is 237 g/mol. The van der Waals surface area contributed by atoms with Crippen molar-refractivity contribution in [3.8, 4) is 5.88 Å². The van der Waals surface area contributed by atoms with Gasteiger partial charge in [-0.05, 0) is 39.0 Å². The Labute approximate surface area is 103 Å². The summed E-state index contributed by atoms with van der Waals surface area (Å²) in [6.45, 7) is 4.95. The van der Waals surface area contributed by atoms with Crippen molar-refractivity contribution in [1.82, 2.24) is 9.78 Å². The molecule has 1 heterocycles. The molecule has 0 atom stereocenters. The molecule has 2 rings (SSSR count). The van der Waals surface area contributed by atoms with Gasteiger partial charge < -0.3 is 10.5 Å². The van der Waals surface area contributed by atoms with Gasteiger partial charge in [-0.2, -0.15) is 5.10 Å². The predicted octanol–water partition coefficient (Wildman–Crippen LogP) is 2.90. The lowest BCUT2D eigenvalue weighted by Crippen LogP contribution is -2.21. The van der Waals surface area contributed by atoms with Gasteiger partial charge in [0.1, 0.15) is 11.8 Å². The number of nitrogens with zero attached hydrogens (tertiary/aromatic N) is 2. The van der Waals surface area contributed by atoms with Crippen molar-refractivity contribution < 1.29 is 4.74 Å². The Morgan fingerprint density at radius 2 is 2.06 bits per heavy atom. The fourth-order valence-electron chi connectivity index (χ4n) is 2.40. The zero-order chi connectivity index (χ0) is 12.3. The van der Waals surface area contributed by atoms with Crippen LogP contribution >= 0.6 is 0 Å². The minimum absolute atomic E-state index is 0.331. The van der Waals surface area contributed by atoms with Crippen LogP contribution < -0.4 is 10.5 Å². The fraction of sp³-hybridized carbons (Fsp3) is 0.769. The number of aromatic nitrogens is 2. The van der Waals surface area contributed by atoms with E-state index in [0.29, 0.717) is 11.8 Å². The summed E-state index contributed by atoms with van der Waals surface area (Å²) in [4.78, 5) is 0. The number of ether oxygens (including phenoxy) is 1. The Balaban J connectivity index is 2.12. The van der Waals surface area contributed by atoms with E-state index in [2.05, 4.69) is 12.0 Å². The maximum atomic E-state index is 6.07. The standard InChI is InChI=1S/C13H23N3O/c1-3-9-16-13(12(14)10(2)15-16)17-11-7-5-4-6-8-11/h11H,3-9,14H2,1-2H3. The third kappa shape index (κ3) is 2.73. The van der Waals surface area contributed by atoms with E-state index in [9.17, 15) is 0 Å². The molecule has 96 valence electrons. The van der Waals surface area contributed by atoms with Gasteiger partial charge >= 0.3 is 0 Å². The lowest BCUT2D eigenvalue weighted by Gasteiger charge is -2.23. The second-order valence-corrected chi connectivity index (χ2v) is 4.91. The van der Waals surface area contributed by atoms with Crippen LogP contribution in [0.4, 0.5) is 5.69 Å². The summed E-state index contributed by atoms with van der Waals surface area (Å²) < 4.78 is 7.98. The molecule has 0 spiro atoms. The average Bonchev–Trinajstić information content (AvgIpc) is 2.59. The van der Waals surface area contributed by atoms with Crippen molar-refractivity contribution >= 4 is 5.69 Å². The molecule has 1 aliphatic carbocycles. The molecule has 0 unspecified atom stereocenters. The molecule has 1 aromatic heterocycles. The highest BCUT2D eigenvalue weighted by Crippen LogP contribution is 2.29. The first kappa shape index (κ1) is 12.3. The molecule has 2 N–H and O–H groups in total. The first-order chi connectivity index (χ1) is 8.22. The number of hydrogen-bond donors (Lipinski definition) is 1. The molecule has 0 radical (unpaired) electrons. The van der Waals surface area contributed by atoms with Gasteiger partial charge in [0.05, 0.1) is 5.69 Å². The summed E-state index contributed by atoms with van der Waals surface area (Å²) in [5.41, 5.74) is 7.63. The monoisotopic (exact) mass is 237 g/mol. The maximum Gasteiger partial charge on any atom is 0.236 e. The molecule has 0 bridgehead atoms. The summed E-state index contributed by atoms with van der Waals surface area (Å²) in [6, 6.07) is 0. The highest BCUT2D eigenvalue weighted by Gasteiger charge is 2.20. The molecule has 1 aromatic rings. The van der Waals surface area contributed by atoms with Gasteiger partial charge in [-0.3, -0.25) is 0 Å². The number of hydrogen-bond acceptors (Lipinski definition) is 3. The first-order valence-corrected chi connectivity index (χ1v) is 6.72. The summed E-state index contributed by atoms with van der Waals surface area (Å²) in [5, 5.41) is 4.43. The molecule has 0 amide bonds. The number of nitrogen functional groups attached to an aromatic ring is 1. The van der Waals surface area contributed by atoms with E-state index in [-0.39, 0.29) is 0 Å². The maximum absolute atomic E-state index is 6.07. The topological polar surface area (TPSA) is 53.1 Å². The SMILES string of the molecule is CCCn1nc(C)c(N)c1OC1CCCCC1. The van der Waals surface area contributed by atoms with Crippen LogP contribution in [0.1, 0.15) is 51.1 Å². The zero-order valence-corrected chi connectivity index (χ0v) is 10.9. The van der Waals surface area contributed by atoms with Crippen molar-refractivity contribution in [3.05, 3.63) is 5.69 Å². The molecule has 0 aliphatic heterocycles. The van der Waals surface area contributed by atoms with E-state index in [1.807, 2.05) is 11.6 Å². The lowest BCUT2D eigenvalue weighted by atomic mass is 9.98. The van der Waals surface area contributed by atoms with Gasteiger partial charge in [0.15, 0.2) is 0 Å². The minimum Gasteiger partial charge on any atom is -0.473 e. The quantitative estimate of drug-likeness (QED) is 0.876. The smallest absolute Gasteiger partial charge is 0.236 e. The van der Waals surface area contributed by atoms with Gasteiger partial charge in [0, 0.05) is 6.54 Å². The molecule has 0 saturated heterocycles. The molecular weight excluding hydrogens is 214 g/mol. The van der Waals surface area contributed by atoms with Crippen LogP contribution in [0.2, 0.25) is 0 Å². The highest BCUT2D eigenvalue weighted by atomic mass is 16.5. The number of anilines is 1. The third-order valence-electron chi connectivity index (χ3n) is 3.39. The molecule has 0 aromatic carbocycles. The van der Waals surface area contributed by atoms with Crippen molar-refractivity contribution in [2.24, 2.45) is 0 Å². The Kier molecular flexibility index (Phi) is 3.92. The molecule has 1 saturated carbocycles. The number of aryl methyl sites for hydroxylation is 2. The minimum atomic E-state index is 0.331. The van der Waals surface area contributed by atoms with E-state index < -0.39 is 0 Å². The Hall–Kier alpha value is -1.19. The van der Waals surface area contributed by atoms with E-state index in [1.165, 1.54) is 19.3 Å². The van der Waals surface area contributed by atoms with Gasteiger partial charge in [0.25, 0.3) is 0 Å². The van der Waals surface area contributed by atoms with Crippen LogP contribution in [-0.4, -0.2) is 15.9 Å². The van der Waals surface area contributed by atoms with Crippen LogP contribution in [0, 0.1) is 6.92 Å². The summed E-state index contributed by atoms with van der Waals surface area (Å²) >= 11 is 0. The first-order valence-electron chi connectivity index (χ1n) is 6.72. The van der Waals surface area contributed by atoms with Crippen molar-refractivity contribution in [2.75, 3.05) is 5.73 Å². The van der Waals surface area contributed by atoms with E-state index in [1.54, 1.807) is 0 Å². The van der Waals surface area contributed by atoms with Crippen LogP contribution in [0.3, 0.4) is 0 Å². The highest BCUT2D eigenvalue weighted by molar-refractivity contribution is 5.52. The lowest BCUT2D eigenvalue weighted by molar-refractivity contribution is 0.141. The number of nitrogens with two attached hydrogens (primary N) is 1. The van der Waals surface area contributed by atoms with E-state index in [0.717, 1.165) is 37.4 Å². The predicted molar refractivity (Wildman–Crippen MR) is 69.2 cm³/mol. The van der Waals surface area contributed by atoms with Crippen molar-refractivity contribution in [1.29, 1.82) is 0 Å². The summed E-state index contributed by atoms with van der Waals surface area (Å²) in [7, 11) is 0. The Morgan fingerprint density at radius 1 is 1.35 bits per heavy atom. The fourth-order valence-corrected chi connectivity index (χ4v) is 2.40. The molecular formula is C13H23N3O. The zero-order valence-electron chi connectivity index (χ0n) is 10.9.